The van der Waals surface area contributed by atoms with Gasteiger partial charge in [-0.2, -0.15) is 0 Å². The molecule has 0 radical (unpaired) electrons. The minimum atomic E-state index is -0.510. The molecule has 0 bridgehead atoms. The number of hydrazine groups is 1. The highest BCUT2D eigenvalue weighted by Gasteiger charge is 2.10. The summed E-state index contributed by atoms with van der Waals surface area (Å²) in [5, 5.41) is 2.78. The van der Waals surface area contributed by atoms with Crippen LogP contribution < -0.4 is 30.4 Å². The fraction of sp³-hybridized carbons (Fsp3) is 0.125. The lowest BCUT2D eigenvalue weighted by molar-refractivity contribution is -0.123. The Morgan fingerprint density at radius 1 is 0.794 bits per heavy atom. The molecule has 0 saturated carbocycles. The van der Waals surface area contributed by atoms with Crippen LogP contribution in [0, 0.1) is 0 Å². The molecule has 0 aromatic heterocycles. The third-order valence-electron chi connectivity index (χ3n) is 4.20. The number of carbonyl (C=O) groups is 2. The largest absolute Gasteiger partial charge is 0.490 e. The van der Waals surface area contributed by atoms with E-state index in [9.17, 15) is 9.59 Å². The van der Waals surface area contributed by atoms with E-state index in [0.29, 0.717) is 35.3 Å². The van der Waals surface area contributed by atoms with Crippen LogP contribution in [0.2, 0.25) is 5.02 Å². The molecule has 8 nitrogen and oxygen atoms in total. The molecular formula is C24H22ClN3O5S. The Morgan fingerprint density at radius 3 is 2.24 bits per heavy atom. The molecule has 3 aromatic rings. The number of hydrogen-bond acceptors (Lipinski definition) is 6. The third kappa shape index (κ3) is 8.27. The maximum absolute atomic E-state index is 12.4. The Labute approximate surface area is 207 Å². The number of halogens is 1. The molecule has 0 aliphatic heterocycles. The lowest BCUT2D eigenvalue weighted by Crippen LogP contribution is -2.49. The Hall–Kier alpha value is -3.82. The minimum absolute atomic E-state index is 0.0846. The molecule has 2 amide bonds. The molecule has 3 N–H and O–H groups in total. The van der Waals surface area contributed by atoms with Gasteiger partial charge < -0.3 is 14.2 Å². The molecular weight excluding hydrogens is 478 g/mol. The summed E-state index contributed by atoms with van der Waals surface area (Å²) >= 11 is 11.0. The van der Waals surface area contributed by atoms with E-state index in [1.807, 2.05) is 30.3 Å². The molecule has 176 valence electrons. The van der Waals surface area contributed by atoms with Gasteiger partial charge in [-0.3, -0.25) is 25.8 Å². The van der Waals surface area contributed by atoms with Crippen molar-refractivity contribution in [3.8, 4) is 17.2 Å². The van der Waals surface area contributed by atoms with E-state index in [1.54, 1.807) is 48.5 Å². The van der Waals surface area contributed by atoms with E-state index in [2.05, 4.69) is 16.2 Å². The quantitative estimate of drug-likeness (QED) is 0.235. The molecule has 0 aliphatic carbocycles. The average molecular weight is 500 g/mol. The van der Waals surface area contributed by atoms with Gasteiger partial charge in [0.2, 0.25) is 0 Å². The first-order chi connectivity index (χ1) is 16.5. The van der Waals surface area contributed by atoms with Crippen molar-refractivity contribution >= 4 is 40.7 Å². The summed E-state index contributed by atoms with van der Waals surface area (Å²) in [6, 6.07) is 22.8. The summed E-state index contributed by atoms with van der Waals surface area (Å²) in [6.45, 7) is 0.372. The van der Waals surface area contributed by atoms with Gasteiger partial charge in [-0.05, 0) is 54.7 Å². The highest BCUT2D eigenvalue weighted by Crippen LogP contribution is 2.22. The van der Waals surface area contributed by atoms with Crippen LogP contribution in [0.3, 0.4) is 0 Å². The van der Waals surface area contributed by atoms with Gasteiger partial charge in [-0.1, -0.05) is 48.0 Å². The number of rotatable bonds is 9. The summed E-state index contributed by atoms with van der Waals surface area (Å²) in [6.07, 6.45) is 0. The minimum Gasteiger partial charge on any atom is -0.490 e. The van der Waals surface area contributed by atoms with E-state index in [-0.39, 0.29) is 11.7 Å². The second-order valence-corrected chi connectivity index (χ2v) is 7.53. The normalized spacial score (nSPS) is 10.0. The number of nitrogens with one attached hydrogen (secondary N) is 3. The number of amides is 2. The maximum Gasteiger partial charge on any atom is 0.276 e. The zero-order valence-electron chi connectivity index (χ0n) is 18.0. The molecule has 0 saturated heterocycles. The first kappa shape index (κ1) is 24.8. The second-order valence-electron chi connectivity index (χ2n) is 6.71. The second kappa shape index (κ2) is 13.0. The molecule has 0 fully saturated rings. The van der Waals surface area contributed by atoms with Gasteiger partial charge in [-0.15, -0.1) is 0 Å². The standard InChI is InChI=1S/C24H22ClN3O5S/c25-20-11-4-5-12-21(20)33-16-22(29)27-28-24(34)26-23(30)17-7-6-10-19(15-17)32-14-13-31-18-8-2-1-3-9-18/h1-12,15H,13-14,16H2,(H,27,29)(H2,26,28,30,34). The molecule has 0 spiro atoms. The topological polar surface area (TPSA) is 97.9 Å². The van der Waals surface area contributed by atoms with Crippen LogP contribution in [0.4, 0.5) is 0 Å². The fourth-order valence-electron chi connectivity index (χ4n) is 2.64. The van der Waals surface area contributed by atoms with E-state index >= 15 is 0 Å². The maximum atomic E-state index is 12.4. The molecule has 0 heterocycles. The smallest absolute Gasteiger partial charge is 0.276 e. The van der Waals surface area contributed by atoms with Crippen molar-refractivity contribution in [2.24, 2.45) is 0 Å². The lowest BCUT2D eigenvalue weighted by atomic mass is 10.2. The number of para-hydroxylation sites is 2. The highest BCUT2D eigenvalue weighted by molar-refractivity contribution is 7.80. The fourth-order valence-corrected chi connectivity index (χ4v) is 2.97. The molecule has 0 unspecified atom stereocenters. The molecule has 3 rings (SSSR count). The Kier molecular flexibility index (Phi) is 9.51. The van der Waals surface area contributed by atoms with Crippen molar-refractivity contribution in [1.29, 1.82) is 0 Å². The van der Waals surface area contributed by atoms with Crippen LogP contribution in [0.15, 0.2) is 78.9 Å². The Morgan fingerprint density at radius 2 is 1.47 bits per heavy atom. The van der Waals surface area contributed by atoms with Crippen molar-refractivity contribution in [3.63, 3.8) is 0 Å². The van der Waals surface area contributed by atoms with Crippen LogP contribution in [-0.2, 0) is 4.79 Å². The summed E-state index contributed by atoms with van der Waals surface area (Å²) < 4.78 is 16.5. The number of thiocarbonyl (C=S) groups is 1. The van der Waals surface area contributed by atoms with Gasteiger partial charge in [0, 0.05) is 5.56 Å². The molecule has 3 aromatic carbocycles. The predicted octanol–water partition coefficient (Wildman–Crippen LogP) is 3.51. The number of carbonyl (C=O) groups excluding carboxylic acids is 2. The van der Waals surface area contributed by atoms with E-state index < -0.39 is 11.8 Å². The van der Waals surface area contributed by atoms with Crippen molar-refractivity contribution in [1.82, 2.24) is 16.2 Å². The first-order valence-corrected chi connectivity index (χ1v) is 11.0. The van der Waals surface area contributed by atoms with Gasteiger partial charge in [0.1, 0.15) is 30.5 Å². The van der Waals surface area contributed by atoms with Crippen molar-refractivity contribution in [2.75, 3.05) is 19.8 Å². The van der Waals surface area contributed by atoms with Crippen molar-refractivity contribution < 1.29 is 23.8 Å². The SMILES string of the molecule is O=C(COc1ccccc1Cl)NNC(=S)NC(=O)c1cccc(OCCOc2ccccc2)c1. The van der Waals surface area contributed by atoms with Crippen LogP contribution >= 0.6 is 23.8 Å². The Bertz CT molecular complexity index is 1130. The zero-order valence-corrected chi connectivity index (χ0v) is 19.5. The molecule has 34 heavy (non-hydrogen) atoms. The average Bonchev–Trinajstić information content (AvgIpc) is 2.85. The van der Waals surface area contributed by atoms with E-state index in [1.165, 1.54) is 0 Å². The number of benzene rings is 3. The molecule has 0 aliphatic rings. The summed E-state index contributed by atoms with van der Waals surface area (Å²) in [5.74, 6) is 0.662. The highest BCUT2D eigenvalue weighted by atomic mass is 35.5. The number of ether oxygens (including phenoxy) is 3. The first-order valence-electron chi connectivity index (χ1n) is 10.2. The summed E-state index contributed by atoms with van der Waals surface area (Å²) in [4.78, 5) is 24.4. The Balaban J connectivity index is 1.38. The van der Waals surface area contributed by atoms with Gasteiger partial charge in [0.05, 0.1) is 5.02 Å². The van der Waals surface area contributed by atoms with Crippen LogP contribution in [0.1, 0.15) is 10.4 Å². The third-order valence-corrected chi connectivity index (χ3v) is 4.71. The van der Waals surface area contributed by atoms with Gasteiger partial charge in [0.15, 0.2) is 11.7 Å². The van der Waals surface area contributed by atoms with Gasteiger partial charge in [0.25, 0.3) is 11.8 Å². The van der Waals surface area contributed by atoms with E-state index in [4.69, 9.17) is 38.0 Å². The lowest BCUT2D eigenvalue weighted by Gasteiger charge is -2.12. The van der Waals surface area contributed by atoms with Crippen LogP contribution in [0.25, 0.3) is 0 Å². The van der Waals surface area contributed by atoms with Gasteiger partial charge in [-0.25, -0.2) is 0 Å². The number of hydrogen-bond donors (Lipinski definition) is 3. The predicted molar refractivity (Wildman–Crippen MR) is 132 cm³/mol. The summed E-state index contributed by atoms with van der Waals surface area (Å²) in [5.41, 5.74) is 5.11. The zero-order chi connectivity index (χ0) is 24.2. The summed E-state index contributed by atoms with van der Waals surface area (Å²) in [7, 11) is 0. The molecule has 10 heteroatoms. The van der Waals surface area contributed by atoms with Gasteiger partial charge >= 0.3 is 0 Å². The van der Waals surface area contributed by atoms with Crippen molar-refractivity contribution in [2.45, 2.75) is 0 Å². The van der Waals surface area contributed by atoms with E-state index in [0.717, 1.165) is 5.75 Å². The van der Waals surface area contributed by atoms with Crippen LogP contribution in [-0.4, -0.2) is 36.7 Å². The van der Waals surface area contributed by atoms with Crippen molar-refractivity contribution in [3.05, 3.63) is 89.4 Å². The van der Waals surface area contributed by atoms with Crippen LogP contribution in [0.5, 0.6) is 17.2 Å². The monoisotopic (exact) mass is 499 g/mol. The molecule has 0 atom stereocenters.